The van der Waals surface area contributed by atoms with Crippen LogP contribution in [0.1, 0.15) is 84.5 Å². The largest absolute Gasteiger partial charge is 0.488 e. The molecule has 0 N–H and O–H groups in total. The Morgan fingerprint density at radius 2 is 1.24 bits per heavy atom. The summed E-state index contributed by atoms with van der Waals surface area (Å²) in [6.07, 6.45) is 5.52. The van der Waals surface area contributed by atoms with E-state index in [0.29, 0.717) is 11.5 Å². The molecule has 0 aliphatic heterocycles. The van der Waals surface area contributed by atoms with E-state index in [0.717, 1.165) is 63.3 Å². The highest BCUT2D eigenvalue weighted by Gasteiger charge is 2.46. The van der Waals surface area contributed by atoms with E-state index in [9.17, 15) is 40.0 Å². The van der Waals surface area contributed by atoms with Gasteiger partial charge in [0.2, 0.25) is 21.7 Å². The molecule has 0 saturated heterocycles. The van der Waals surface area contributed by atoms with Crippen molar-refractivity contribution in [3.8, 4) is 5.75 Å². The van der Waals surface area contributed by atoms with E-state index in [4.69, 9.17) is 9.47 Å². The van der Waals surface area contributed by atoms with Crippen molar-refractivity contribution in [1.29, 1.82) is 0 Å². The lowest BCUT2D eigenvalue weighted by atomic mass is 9.84. The van der Waals surface area contributed by atoms with Crippen LogP contribution in [0.15, 0.2) is 108 Å². The van der Waals surface area contributed by atoms with Crippen LogP contribution in [0, 0.1) is 29.1 Å². The Kier molecular flexibility index (Phi) is 13.2. The van der Waals surface area contributed by atoms with Crippen LogP contribution in [0.3, 0.4) is 0 Å². The normalized spacial score (nSPS) is 13.6. The van der Waals surface area contributed by atoms with Gasteiger partial charge in [-0.25, -0.2) is 35.2 Å². The molecule has 5 aromatic carbocycles. The smallest absolute Gasteiger partial charge is 0.342 e. The van der Waals surface area contributed by atoms with Crippen molar-refractivity contribution in [1.82, 2.24) is 4.31 Å². The highest BCUT2D eigenvalue weighted by atomic mass is 32.2. The molecule has 0 radical (unpaired) electrons. The average Bonchev–Trinajstić information content (AvgIpc) is 3.25. The van der Waals surface area contributed by atoms with E-state index in [1.54, 1.807) is 24.3 Å². The van der Waals surface area contributed by atoms with Gasteiger partial charge in [-0.2, -0.15) is 4.31 Å². The lowest BCUT2D eigenvalue weighted by molar-refractivity contribution is -0.126. The molecule has 1 aliphatic carbocycles. The van der Waals surface area contributed by atoms with Crippen LogP contribution in [0.4, 0.5) is 27.6 Å². The van der Waals surface area contributed by atoms with Crippen LogP contribution in [0.2, 0.25) is 0 Å². The summed E-state index contributed by atoms with van der Waals surface area (Å²) < 4.78 is 112. The maximum atomic E-state index is 14.9. The van der Waals surface area contributed by atoms with Crippen molar-refractivity contribution in [2.45, 2.75) is 82.1 Å². The van der Waals surface area contributed by atoms with Crippen molar-refractivity contribution in [2.75, 3.05) is 11.9 Å². The number of carbonyl (C=O) groups excluding carboxylic acids is 2. The minimum atomic E-state index is -5.56. The predicted molar refractivity (Wildman–Crippen MR) is 211 cm³/mol. The number of esters is 1. The van der Waals surface area contributed by atoms with E-state index >= 15 is 0 Å². The molecule has 5 aromatic rings. The minimum absolute atomic E-state index is 0.00816. The first-order chi connectivity index (χ1) is 28.1. The fourth-order valence-corrected chi connectivity index (χ4v) is 8.60. The minimum Gasteiger partial charge on any atom is -0.488 e. The van der Waals surface area contributed by atoms with Crippen LogP contribution >= 0.6 is 0 Å². The predicted octanol–water partition coefficient (Wildman–Crippen LogP) is 10.00. The number of rotatable bonds is 14. The lowest BCUT2D eigenvalue weighted by Crippen LogP contribution is -2.56. The van der Waals surface area contributed by atoms with E-state index in [1.165, 1.54) is 29.5 Å². The van der Waals surface area contributed by atoms with Crippen molar-refractivity contribution in [3.05, 3.63) is 160 Å². The second-order valence-electron chi connectivity index (χ2n) is 14.9. The summed E-state index contributed by atoms with van der Waals surface area (Å²) in [5, 5.41) is 0. The van der Waals surface area contributed by atoms with Crippen molar-refractivity contribution in [3.63, 3.8) is 0 Å². The Morgan fingerprint density at radius 3 is 1.81 bits per heavy atom. The maximum absolute atomic E-state index is 14.9. The molecular formula is C45H43F5N2O6S. The van der Waals surface area contributed by atoms with Gasteiger partial charge in [0.15, 0.2) is 28.2 Å². The molecule has 1 amide bonds. The molecule has 1 aliphatic rings. The van der Waals surface area contributed by atoms with Crippen LogP contribution in [-0.4, -0.2) is 37.2 Å². The van der Waals surface area contributed by atoms with Gasteiger partial charge in [0.05, 0.1) is 6.54 Å². The molecule has 0 heterocycles. The molecule has 0 bridgehead atoms. The molecule has 6 rings (SSSR count). The molecule has 59 heavy (non-hydrogen) atoms. The first kappa shape index (κ1) is 43.0. The molecule has 1 saturated carbocycles. The molecule has 1 fully saturated rings. The second kappa shape index (κ2) is 18.1. The van der Waals surface area contributed by atoms with Crippen molar-refractivity contribution in [2.24, 2.45) is 0 Å². The number of sulfonamides is 1. The van der Waals surface area contributed by atoms with Gasteiger partial charge in [-0.3, -0.25) is 4.79 Å². The van der Waals surface area contributed by atoms with Gasteiger partial charge < -0.3 is 14.4 Å². The third-order valence-electron chi connectivity index (χ3n) is 10.7. The van der Waals surface area contributed by atoms with Gasteiger partial charge in [0.1, 0.15) is 30.1 Å². The highest BCUT2D eigenvalue weighted by molar-refractivity contribution is 7.89. The van der Waals surface area contributed by atoms with Crippen LogP contribution in [-0.2, 0) is 39.3 Å². The Balaban J connectivity index is 1.40. The van der Waals surface area contributed by atoms with Gasteiger partial charge in [0, 0.05) is 18.8 Å². The number of hydrogen-bond acceptors (Lipinski definition) is 6. The monoisotopic (exact) mass is 834 g/mol. The maximum Gasteiger partial charge on any atom is 0.342 e. The number of likely N-dealkylation sites (N-methyl/N-ethyl adjacent to an activating group) is 1. The van der Waals surface area contributed by atoms with Gasteiger partial charge >= 0.3 is 5.97 Å². The number of amides is 1. The third kappa shape index (κ3) is 9.34. The number of halogens is 5. The van der Waals surface area contributed by atoms with Gasteiger partial charge in [-0.1, -0.05) is 104 Å². The quantitative estimate of drug-likeness (QED) is 0.0479. The Bertz CT molecular complexity index is 2380. The molecular weight excluding hydrogens is 792 g/mol. The number of benzene rings is 5. The third-order valence-corrected chi connectivity index (χ3v) is 12.7. The number of ether oxygens (including phenoxy) is 2. The fourth-order valence-electron chi connectivity index (χ4n) is 7.01. The topological polar surface area (TPSA) is 93.2 Å². The first-order valence-corrected chi connectivity index (χ1v) is 20.5. The Hall–Kier alpha value is -5.60. The molecule has 0 unspecified atom stereocenters. The standard InChI is InChI=1S/C45H43F5N2O6S/c1-45(2,51(3)59(55,56)42-40(49)38(47)37(46)39(48)41(42)50)44(54)52(26-29-19-21-33(22-20-29)32-17-11-6-12-18-32)34-23-24-35(43(53)58-28-31-15-9-5-10-16-31)36(25-34)57-27-30-13-7-4-8-14-30/h4-5,7-10,13-16,19-25,32H,6,11-12,17-18,26-28H2,1-3H3. The number of anilines is 1. The van der Waals surface area contributed by atoms with Crippen LogP contribution in [0.25, 0.3) is 0 Å². The molecule has 0 aromatic heterocycles. The van der Waals surface area contributed by atoms with Crippen molar-refractivity contribution >= 4 is 27.6 Å². The summed E-state index contributed by atoms with van der Waals surface area (Å²) >= 11 is 0. The zero-order chi connectivity index (χ0) is 42.5. The summed E-state index contributed by atoms with van der Waals surface area (Å²) in [7, 11) is -4.75. The molecule has 0 atom stereocenters. The Morgan fingerprint density at radius 1 is 0.695 bits per heavy atom. The molecule has 310 valence electrons. The summed E-state index contributed by atoms with van der Waals surface area (Å²) in [5.74, 6) is -13.8. The van der Waals surface area contributed by atoms with Crippen LogP contribution < -0.4 is 9.64 Å². The van der Waals surface area contributed by atoms with Gasteiger partial charge in [-0.15, -0.1) is 0 Å². The highest BCUT2D eigenvalue weighted by Crippen LogP contribution is 2.36. The van der Waals surface area contributed by atoms with Gasteiger partial charge in [0.25, 0.3) is 0 Å². The van der Waals surface area contributed by atoms with E-state index in [2.05, 4.69) is 0 Å². The van der Waals surface area contributed by atoms with Crippen LogP contribution in [0.5, 0.6) is 5.75 Å². The first-order valence-electron chi connectivity index (χ1n) is 19.0. The number of nitrogens with zero attached hydrogens (tertiary/aromatic N) is 2. The zero-order valence-electron chi connectivity index (χ0n) is 32.7. The average molecular weight is 835 g/mol. The molecule has 0 spiro atoms. The Labute approximate surface area is 340 Å². The summed E-state index contributed by atoms with van der Waals surface area (Å²) in [5.41, 5.74) is 1.18. The van der Waals surface area contributed by atoms with E-state index in [-0.39, 0.29) is 41.1 Å². The summed E-state index contributed by atoms with van der Waals surface area (Å²) in [6.45, 7) is 2.08. The second-order valence-corrected chi connectivity index (χ2v) is 16.8. The van der Waals surface area contributed by atoms with E-state index < -0.39 is 61.4 Å². The zero-order valence-corrected chi connectivity index (χ0v) is 33.5. The SMILES string of the molecule is CN(C(C)(C)C(=O)N(Cc1ccc(C2CCCCC2)cc1)c1ccc(C(=O)OCc2ccccc2)c(OCc2ccccc2)c1)S(=O)(=O)c1c(F)c(F)c(F)c(F)c1F. The summed E-state index contributed by atoms with van der Waals surface area (Å²) in [4.78, 5) is 27.5. The summed E-state index contributed by atoms with van der Waals surface area (Å²) in [6, 6.07) is 30.0. The number of hydrogen-bond donors (Lipinski definition) is 0. The molecule has 14 heteroatoms. The van der Waals surface area contributed by atoms with Gasteiger partial charge in [-0.05, 0) is 67.0 Å². The van der Waals surface area contributed by atoms with E-state index in [1.807, 2.05) is 60.7 Å². The number of carbonyl (C=O) groups is 2. The molecule has 8 nitrogen and oxygen atoms in total. The fraction of sp³-hybridized carbons (Fsp3) is 0.289. The lowest BCUT2D eigenvalue weighted by Gasteiger charge is -2.38. The van der Waals surface area contributed by atoms with Crippen molar-refractivity contribution < 1.29 is 49.4 Å².